The Bertz CT molecular complexity index is 389. The zero-order valence-electron chi connectivity index (χ0n) is 11.9. The standard InChI is InChI=1S/C16H24O3/c1-5-13-12-9-11(15(3,4)18-13)7-8-16(12)10-17-14(6-2)19-16/h5-6,11-14H,1-2,7-10H2,3-4H3/t11-,12+,13+,14?,16?/m0/s1. The summed E-state index contributed by atoms with van der Waals surface area (Å²) in [5.74, 6) is 0.951. The van der Waals surface area contributed by atoms with Crippen molar-refractivity contribution in [2.45, 2.75) is 56.7 Å². The molecule has 106 valence electrons. The fourth-order valence-electron chi connectivity index (χ4n) is 4.01. The molecule has 1 aliphatic carbocycles. The molecule has 19 heavy (non-hydrogen) atoms. The third-order valence-electron chi connectivity index (χ3n) is 5.22. The summed E-state index contributed by atoms with van der Waals surface area (Å²) in [5, 5.41) is 0. The van der Waals surface area contributed by atoms with Gasteiger partial charge in [-0.1, -0.05) is 12.7 Å². The van der Waals surface area contributed by atoms with Crippen molar-refractivity contribution in [2.24, 2.45) is 11.8 Å². The van der Waals surface area contributed by atoms with Crippen LogP contribution in [0.2, 0.25) is 0 Å². The maximum atomic E-state index is 6.27. The molecule has 0 aromatic carbocycles. The molecule has 0 amide bonds. The smallest absolute Gasteiger partial charge is 0.177 e. The Morgan fingerprint density at radius 3 is 2.58 bits per heavy atom. The van der Waals surface area contributed by atoms with Crippen molar-refractivity contribution in [1.29, 1.82) is 0 Å². The van der Waals surface area contributed by atoms with E-state index in [1.54, 1.807) is 6.08 Å². The van der Waals surface area contributed by atoms with E-state index in [1.165, 1.54) is 0 Å². The summed E-state index contributed by atoms with van der Waals surface area (Å²) in [4.78, 5) is 0. The summed E-state index contributed by atoms with van der Waals surface area (Å²) in [6.07, 6.45) is 6.77. The SMILES string of the molecule is C=CC1OCC2(CC[C@H]3C[C@@H]2[C@@H](C=C)OC3(C)C)O1. The maximum Gasteiger partial charge on any atom is 0.177 e. The highest BCUT2D eigenvalue weighted by atomic mass is 16.7. The van der Waals surface area contributed by atoms with Crippen LogP contribution in [0, 0.1) is 11.8 Å². The molecule has 0 radical (unpaired) electrons. The van der Waals surface area contributed by atoms with Gasteiger partial charge in [0.05, 0.1) is 18.3 Å². The first-order valence-corrected chi connectivity index (χ1v) is 7.23. The van der Waals surface area contributed by atoms with Gasteiger partial charge >= 0.3 is 0 Å². The monoisotopic (exact) mass is 264 g/mol. The highest BCUT2D eigenvalue weighted by Gasteiger charge is 2.57. The molecule has 3 rings (SSSR count). The van der Waals surface area contributed by atoms with Crippen LogP contribution < -0.4 is 0 Å². The molecule has 0 aromatic rings. The predicted molar refractivity (Wildman–Crippen MR) is 73.7 cm³/mol. The topological polar surface area (TPSA) is 27.7 Å². The summed E-state index contributed by atoms with van der Waals surface area (Å²) in [5.41, 5.74) is -0.265. The summed E-state index contributed by atoms with van der Waals surface area (Å²) in [6, 6.07) is 0. The zero-order chi connectivity index (χ0) is 13.7. The highest BCUT2D eigenvalue weighted by Crippen LogP contribution is 2.53. The molecular formula is C16H24O3. The van der Waals surface area contributed by atoms with E-state index in [0.29, 0.717) is 18.4 Å². The van der Waals surface area contributed by atoms with E-state index in [4.69, 9.17) is 14.2 Å². The largest absolute Gasteiger partial charge is 0.368 e. The van der Waals surface area contributed by atoms with Crippen molar-refractivity contribution in [2.75, 3.05) is 6.61 Å². The Balaban J connectivity index is 1.87. The van der Waals surface area contributed by atoms with E-state index in [9.17, 15) is 0 Å². The van der Waals surface area contributed by atoms with Crippen LogP contribution in [0.15, 0.2) is 25.3 Å². The number of ether oxygens (including phenoxy) is 3. The molecule has 3 fully saturated rings. The number of rotatable bonds is 2. The maximum absolute atomic E-state index is 6.27. The fraction of sp³-hybridized carbons (Fsp3) is 0.750. The molecule has 5 atom stereocenters. The molecule has 2 saturated heterocycles. The van der Waals surface area contributed by atoms with Crippen LogP contribution >= 0.6 is 0 Å². The van der Waals surface area contributed by atoms with Crippen LogP contribution in [0.5, 0.6) is 0 Å². The summed E-state index contributed by atoms with van der Waals surface area (Å²) >= 11 is 0. The minimum atomic E-state index is -0.267. The van der Waals surface area contributed by atoms with E-state index in [1.807, 2.05) is 6.08 Å². The fourth-order valence-corrected chi connectivity index (χ4v) is 4.01. The number of hydrogen-bond donors (Lipinski definition) is 0. The van der Waals surface area contributed by atoms with Gasteiger partial charge in [-0.25, -0.2) is 0 Å². The Morgan fingerprint density at radius 1 is 1.16 bits per heavy atom. The van der Waals surface area contributed by atoms with Gasteiger partial charge in [0.25, 0.3) is 0 Å². The first kappa shape index (κ1) is 13.3. The Labute approximate surface area is 115 Å². The molecule has 3 nitrogen and oxygen atoms in total. The van der Waals surface area contributed by atoms with Crippen LogP contribution in [0.3, 0.4) is 0 Å². The van der Waals surface area contributed by atoms with E-state index in [2.05, 4.69) is 27.0 Å². The second kappa shape index (κ2) is 4.44. The lowest BCUT2D eigenvalue weighted by Crippen LogP contribution is -2.59. The van der Waals surface area contributed by atoms with Gasteiger partial charge in [0.2, 0.25) is 0 Å². The van der Waals surface area contributed by atoms with E-state index < -0.39 is 0 Å². The second-order valence-corrected chi connectivity index (χ2v) is 6.60. The lowest BCUT2D eigenvalue weighted by Gasteiger charge is -2.55. The van der Waals surface area contributed by atoms with Gasteiger partial charge in [-0.3, -0.25) is 0 Å². The lowest BCUT2D eigenvalue weighted by molar-refractivity contribution is -0.223. The second-order valence-electron chi connectivity index (χ2n) is 6.60. The molecule has 2 bridgehead atoms. The third-order valence-corrected chi connectivity index (χ3v) is 5.22. The number of hydrogen-bond acceptors (Lipinski definition) is 3. The molecule has 0 N–H and O–H groups in total. The van der Waals surface area contributed by atoms with Crippen LogP contribution in [0.1, 0.15) is 33.1 Å². The quantitative estimate of drug-likeness (QED) is 0.717. The molecule has 3 aliphatic rings. The molecular weight excluding hydrogens is 240 g/mol. The average Bonchev–Trinajstić information content (AvgIpc) is 2.80. The van der Waals surface area contributed by atoms with Crippen LogP contribution in [-0.4, -0.2) is 30.2 Å². The van der Waals surface area contributed by atoms with E-state index in [0.717, 1.165) is 19.3 Å². The first-order chi connectivity index (χ1) is 9.01. The third kappa shape index (κ3) is 1.99. The van der Waals surface area contributed by atoms with Crippen molar-refractivity contribution >= 4 is 0 Å². The summed E-state index contributed by atoms with van der Waals surface area (Å²) < 4.78 is 18.1. The van der Waals surface area contributed by atoms with E-state index >= 15 is 0 Å². The predicted octanol–water partition coefficient (Wildman–Crippen LogP) is 3.06. The lowest BCUT2D eigenvalue weighted by atomic mass is 9.63. The van der Waals surface area contributed by atoms with Crippen LogP contribution in [0.25, 0.3) is 0 Å². The number of fused-ring (bicyclic) bond motifs is 3. The molecule has 1 spiro atoms. The van der Waals surface area contributed by atoms with Gasteiger partial charge in [-0.05, 0) is 45.1 Å². The van der Waals surface area contributed by atoms with Crippen LogP contribution in [0.4, 0.5) is 0 Å². The minimum absolute atomic E-state index is 0.0544. The molecule has 2 aliphatic heterocycles. The van der Waals surface area contributed by atoms with Crippen molar-refractivity contribution in [3.05, 3.63) is 25.3 Å². The normalized spacial score (nSPS) is 48.1. The molecule has 2 heterocycles. The van der Waals surface area contributed by atoms with Crippen LogP contribution in [-0.2, 0) is 14.2 Å². The van der Waals surface area contributed by atoms with Gasteiger partial charge in [-0.15, -0.1) is 6.58 Å². The van der Waals surface area contributed by atoms with Crippen molar-refractivity contribution in [1.82, 2.24) is 0 Å². The average molecular weight is 264 g/mol. The van der Waals surface area contributed by atoms with Gasteiger partial charge < -0.3 is 14.2 Å². The molecule has 1 saturated carbocycles. The van der Waals surface area contributed by atoms with Gasteiger partial charge in [0.15, 0.2) is 6.29 Å². The molecule has 3 heteroatoms. The Hall–Kier alpha value is -0.640. The first-order valence-electron chi connectivity index (χ1n) is 7.23. The van der Waals surface area contributed by atoms with Gasteiger partial charge in [0, 0.05) is 5.92 Å². The molecule has 0 aromatic heterocycles. The molecule has 2 unspecified atom stereocenters. The highest BCUT2D eigenvalue weighted by molar-refractivity contribution is 5.10. The Kier molecular flexibility index (Phi) is 3.12. The summed E-state index contributed by atoms with van der Waals surface area (Å²) in [6.45, 7) is 12.7. The van der Waals surface area contributed by atoms with Gasteiger partial charge in [0.1, 0.15) is 5.60 Å². The zero-order valence-corrected chi connectivity index (χ0v) is 11.9. The van der Waals surface area contributed by atoms with Crippen molar-refractivity contribution < 1.29 is 14.2 Å². The van der Waals surface area contributed by atoms with E-state index in [-0.39, 0.29) is 23.6 Å². The van der Waals surface area contributed by atoms with Crippen molar-refractivity contribution in [3.8, 4) is 0 Å². The Morgan fingerprint density at radius 2 is 1.95 bits per heavy atom. The van der Waals surface area contributed by atoms with Crippen molar-refractivity contribution in [3.63, 3.8) is 0 Å². The van der Waals surface area contributed by atoms with Gasteiger partial charge in [-0.2, -0.15) is 0 Å². The summed E-state index contributed by atoms with van der Waals surface area (Å²) in [7, 11) is 0. The minimum Gasteiger partial charge on any atom is -0.368 e.